The predicted molar refractivity (Wildman–Crippen MR) is 107 cm³/mol. The van der Waals surface area contributed by atoms with Crippen LogP contribution in [0.3, 0.4) is 0 Å². The summed E-state index contributed by atoms with van der Waals surface area (Å²) >= 11 is 0. The van der Waals surface area contributed by atoms with Crippen molar-refractivity contribution in [1.82, 2.24) is 14.7 Å². The Bertz CT molecular complexity index is 596. The van der Waals surface area contributed by atoms with E-state index in [1.54, 1.807) is 16.8 Å². The highest BCUT2D eigenvalue weighted by Gasteiger charge is 2.15. The molecule has 0 atom stereocenters. The van der Waals surface area contributed by atoms with Gasteiger partial charge in [-0.05, 0) is 38.6 Å². The van der Waals surface area contributed by atoms with Crippen molar-refractivity contribution in [2.24, 2.45) is 0 Å². The van der Waals surface area contributed by atoms with Crippen LogP contribution in [0, 0.1) is 0 Å². The number of nitrogens with zero attached hydrogens (tertiary/aromatic N) is 3. The van der Waals surface area contributed by atoms with Crippen molar-refractivity contribution < 1.29 is 14.3 Å². The maximum Gasteiger partial charge on any atom is 0.238 e. The molecule has 7 nitrogen and oxygen atoms in total. The molecule has 1 N–H and O–H groups in total. The van der Waals surface area contributed by atoms with Gasteiger partial charge < -0.3 is 15.0 Å². The Morgan fingerprint density at radius 1 is 1.07 bits per heavy atom. The van der Waals surface area contributed by atoms with Gasteiger partial charge >= 0.3 is 0 Å². The van der Waals surface area contributed by atoms with E-state index in [0.717, 1.165) is 38.5 Å². The molecule has 1 fully saturated rings. The second-order valence-electron chi connectivity index (χ2n) is 6.87. The summed E-state index contributed by atoms with van der Waals surface area (Å²) in [5.41, 5.74) is 1.99. The average Bonchev–Trinajstić information content (AvgIpc) is 2.65. The van der Waals surface area contributed by atoms with Crippen molar-refractivity contribution in [3.63, 3.8) is 0 Å². The lowest BCUT2D eigenvalue weighted by atomic mass is 10.2. The lowest BCUT2D eigenvalue weighted by Gasteiger charge is -2.26. The first kappa shape index (κ1) is 21.3. The van der Waals surface area contributed by atoms with Crippen LogP contribution in [0.1, 0.15) is 19.4 Å². The van der Waals surface area contributed by atoms with Crippen LogP contribution in [-0.4, -0.2) is 86.0 Å². The molecule has 2 amide bonds. The Labute approximate surface area is 162 Å². The fourth-order valence-corrected chi connectivity index (χ4v) is 3.12. The molecular weight excluding hydrogens is 344 g/mol. The zero-order valence-electron chi connectivity index (χ0n) is 16.7. The molecule has 150 valence electrons. The molecule has 0 saturated carbocycles. The topological polar surface area (TPSA) is 65.1 Å². The number of benzene rings is 1. The van der Waals surface area contributed by atoms with Crippen molar-refractivity contribution in [3.05, 3.63) is 29.8 Å². The number of amides is 2. The van der Waals surface area contributed by atoms with E-state index in [4.69, 9.17) is 4.74 Å². The van der Waals surface area contributed by atoms with Gasteiger partial charge in [-0.1, -0.05) is 12.1 Å². The normalized spacial score (nSPS) is 15.0. The van der Waals surface area contributed by atoms with E-state index < -0.39 is 0 Å². The summed E-state index contributed by atoms with van der Waals surface area (Å²) in [4.78, 5) is 30.2. The first-order chi connectivity index (χ1) is 13.0. The fourth-order valence-electron chi connectivity index (χ4n) is 3.12. The molecule has 0 spiro atoms. The number of hydrogen-bond donors (Lipinski definition) is 1. The molecule has 2 rings (SSSR count). The number of anilines is 1. The molecule has 27 heavy (non-hydrogen) atoms. The third-order valence-electron chi connectivity index (χ3n) is 4.68. The molecule has 1 heterocycles. The number of ether oxygens (including phenoxy) is 1. The van der Waals surface area contributed by atoms with Gasteiger partial charge in [0.2, 0.25) is 11.8 Å². The predicted octanol–water partition coefficient (Wildman–Crippen LogP) is 1.26. The van der Waals surface area contributed by atoms with Gasteiger partial charge in [-0.3, -0.25) is 19.4 Å². The first-order valence-corrected chi connectivity index (χ1v) is 9.67. The van der Waals surface area contributed by atoms with Gasteiger partial charge in [0.25, 0.3) is 0 Å². The van der Waals surface area contributed by atoms with Crippen LogP contribution >= 0.6 is 0 Å². The van der Waals surface area contributed by atoms with Crippen LogP contribution in [0.25, 0.3) is 0 Å². The Balaban J connectivity index is 1.76. The lowest BCUT2D eigenvalue weighted by Crippen LogP contribution is -2.41. The molecule has 1 aliphatic heterocycles. The van der Waals surface area contributed by atoms with Crippen molar-refractivity contribution in [1.29, 1.82) is 0 Å². The molecule has 1 aromatic rings. The zero-order valence-corrected chi connectivity index (χ0v) is 16.7. The molecule has 0 aromatic heterocycles. The highest BCUT2D eigenvalue weighted by Crippen LogP contribution is 2.12. The number of morpholine rings is 1. The van der Waals surface area contributed by atoms with Gasteiger partial charge in [-0.25, -0.2) is 0 Å². The quantitative estimate of drug-likeness (QED) is 0.703. The van der Waals surface area contributed by atoms with Crippen molar-refractivity contribution in [3.8, 4) is 0 Å². The average molecular weight is 377 g/mol. The number of carbonyl (C=O) groups excluding carboxylic acids is 2. The monoisotopic (exact) mass is 376 g/mol. The van der Waals surface area contributed by atoms with Gasteiger partial charge in [0.15, 0.2) is 0 Å². The highest BCUT2D eigenvalue weighted by atomic mass is 16.5. The van der Waals surface area contributed by atoms with Crippen LogP contribution in [0.4, 0.5) is 5.69 Å². The van der Waals surface area contributed by atoms with Gasteiger partial charge in [0.05, 0.1) is 26.3 Å². The fraction of sp³-hybridized carbons (Fsp3) is 0.600. The summed E-state index contributed by atoms with van der Waals surface area (Å²) in [7, 11) is 1.78. The molecule has 1 aliphatic rings. The minimum atomic E-state index is -0.120. The summed E-state index contributed by atoms with van der Waals surface area (Å²) in [6.07, 6.45) is 0. The second kappa shape index (κ2) is 11.0. The number of nitrogens with one attached hydrogen (secondary N) is 1. The molecule has 0 radical (unpaired) electrons. The molecule has 1 aromatic carbocycles. The van der Waals surface area contributed by atoms with Gasteiger partial charge in [0, 0.05) is 38.4 Å². The highest BCUT2D eigenvalue weighted by molar-refractivity contribution is 5.92. The smallest absolute Gasteiger partial charge is 0.238 e. The summed E-state index contributed by atoms with van der Waals surface area (Å²) in [6.45, 7) is 10.1. The van der Waals surface area contributed by atoms with Crippen LogP contribution in [-0.2, 0) is 20.9 Å². The van der Waals surface area contributed by atoms with E-state index in [1.807, 2.05) is 38.1 Å². The Hall–Kier alpha value is -1.96. The molecule has 1 saturated heterocycles. The minimum absolute atomic E-state index is 0.0442. The number of carbonyl (C=O) groups is 2. The van der Waals surface area contributed by atoms with E-state index in [-0.39, 0.29) is 24.9 Å². The zero-order chi connectivity index (χ0) is 19.6. The van der Waals surface area contributed by atoms with E-state index in [2.05, 4.69) is 10.2 Å². The summed E-state index contributed by atoms with van der Waals surface area (Å²) in [5.74, 6) is -0.0754. The van der Waals surface area contributed by atoms with Crippen molar-refractivity contribution in [2.75, 3.05) is 64.8 Å². The molecule has 0 aliphatic carbocycles. The SMILES string of the molecule is CCN(CC)C(=O)CN(C)CC(=O)Nc1ccc(CN2CCOCC2)cc1. The summed E-state index contributed by atoms with van der Waals surface area (Å²) in [5, 5.41) is 2.90. The van der Waals surface area contributed by atoms with Crippen LogP contribution in [0.15, 0.2) is 24.3 Å². The van der Waals surface area contributed by atoms with Gasteiger partial charge in [0.1, 0.15) is 0 Å². The largest absolute Gasteiger partial charge is 0.379 e. The maximum atomic E-state index is 12.2. The third-order valence-corrected chi connectivity index (χ3v) is 4.68. The molecular formula is C20H32N4O3. The van der Waals surface area contributed by atoms with Crippen molar-refractivity contribution >= 4 is 17.5 Å². The maximum absolute atomic E-state index is 12.2. The summed E-state index contributed by atoms with van der Waals surface area (Å²) in [6, 6.07) is 7.93. The number of hydrogen-bond acceptors (Lipinski definition) is 5. The van der Waals surface area contributed by atoms with E-state index >= 15 is 0 Å². The van der Waals surface area contributed by atoms with Gasteiger partial charge in [-0.2, -0.15) is 0 Å². The summed E-state index contributed by atoms with van der Waals surface area (Å²) < 4.78 is 5.36. The molecule has 0 unspecified atom stereocenters. The number of likely N-dealkylation sites (N-methyl/N-ethyl adjacent to an activating group) is 2. The standard InChI is InChI=1S/C20H32N4O3/c1-4-24(5-2)20(26)16-22(3)15-19(25)21-18-8-6-17(7-9-18)14-23-10-12-27-13-11-23/h6-9H,4-5,10-16H2,1-3H3,(H,21,25). The van der Waals surface area contributed by atoms with Gasteiger partial charge in [-0.15, -0.1) is 0 Å². The second-order valence-corrected chi connectivity index (χ2v) is 6.87. The Kier molecular flexibility index (Phi) is 8.71. The minimum Gasteiger partial charge on any atom is -0.379 e. The first-order valence-electron chi connectivity index (χ1n) is 9.67. The van der Waals surface area contributed by atoms with Crippen molar-refractivity contribution in [2.45, 2.75) is 20.4 Å². The number of rotatable bonds is 9. The third kappa shape index (κ3) is 7.28. The van der Waals surface area contributed by atoms with Crippen LogP contribution in [0.5, 0.6) is 0 Å². The van der Waals surface area contributed by atoms with E-state index in [1.165, 1.54) is 5.56 Å². The Morgan fingerprint density at radius 3 is 2.30 bits per heavy atom. The molecule has 7 heteroatoms. The van der Waals surface area contributed by atoms with Crippen LogP contribution < -0.4 is 5.32 Å². The lowest BCUT2D eigenvalue weighted by molar-refractivity contribution is -0.132. The van der Waals surface area contributed by atoms with Crippen LogP contribution in [0.2, 0.25) is 0 Å². The Morgan fingerprint density at radius 2 is 1.70 bits per heavy atom. The van der Waals surface area contributed by atoms with E-state index in [9.17, 15) is 9.59 Å². The van der Waals surface area contributed by atoms with E-state index in [0.29, 0.717) is 13.1 Å². The molecule has 0 bridgehead atoms.